The predicted molar refractivity (Wildman–Crippen MR) is 119 cm³/mol. The Morgan fingerprint density at radius 1 is 1.07 bits per heavy atom. The molecule has 4 rings (SSSR count). The zero-order valence-electron chi connectivity index (χ0n) is 15.7. The van der Waals surface area contributed by atoms with Crippen molar-refractivity contribution < 1.29 is 4.79 Å². The number of amides is 1. The van der Waals surface area contributed by atoms with Crippen molar-refractivity contribution in [2.45, 2.75) is 0 Å². The Morgan fingerprint density at radius 2 is 1.73 bits per heavy atom. The number of nitrogens with zero attached hydrogens (tertiary/aromatic N) is 5. The highest BCUT2D eigenvalue weighted by Crippen LogP contribution is 2.28. The Morgan fingerprint density at radius 3 is 2.37 bits per heavy atom. The van der Waals surface area contributed by atoms with Crippen molar-refractivity contribution in [3.8, 4) is 11.8 Å². The van der Waals surface area contributed by atoms with Crippen molar-refractivity contribution >= 4 is 52.4 Å². The predicted octanol–water partition coefficient (Wildman–Crippen LogP) is 4.38. The van der Waals surface area contributed by atoms with Crippen molar-refractivity contribution in [3.05, 3.63) is 63.8 Å². The molecule has 3 aromatic rings. The van der Waals surface area contributed by atoms with Crippen LogP contribution in [0.3, 0.4) is 0 Å². The molecule has 0 saturated carbocycles. The highest BCUT2D eigenvalue weighted by molar-refractivity contribution is 7.99. The minimum absolute atomic E-state index is 0.0267. The van der Waals surface area contributed by atoms with E-state index in [4.69, 9.17) is 23.2 Å². The molecule has 0 radical (unpaired) electrons. The summed E-state index contributed by atoms with van der Waals surface area (Å²) < 4.78 is 0. The van der Waals surface area contributed by atoms with Crippen LogP contribution in [0.4, 0.5) is 11.5 Å². The summed E-state index contributed by atoms with van der Waals surface area (Å²) in [5.74, 6) is 2.22. The Labute approximate surface area is 187 Å². The number of aromatic nitrogens is 3. The van der Waals surface area contributed by atoms with Crippen molar-refractivity contribution in [1.82, 2.24) is 19.9 Å². The first-order valence-corrected chi connectivity index (χ1v) is 11.0. The molecule has 1 amide bonds. The molecule has 0 aliphatic carbocycles. The average Bonchev–Trinajstić information content (AvgIpc) is 3.16. The van der Waals surface area contributed by atoms with Crippen LogP contribution in [0.25, 0.3) is 5.69 Å². The molecule has 2 aromatic carbocycles. The zero-order valence-corrected chi connectivity index (χ0v) is 18.0. The van der Waals surface area contributed by atoms with E-state index in [1.165, 1.54) is 4.80 Å². The van der Waals surface area contributed by atoms with Crippen LogP contribution in [0.15, 0.2) is 42.5 Å². The monoisotopic (exact) mass is 458 g/mol. The maximum atomic E-state index is 12.6. The van der Waals surface area contributed by atoms with Gasteiger partial charge in [-0.15, -0.1) is 15.0 Å². The summed E-state index contributed by atoms with van der Waals surface area (Å²) >= 11 is 14.3. The van der Waals surface area contributed by atoms with Crippen LogP contribution in [0.2, 0.25) is 10.0 Å². The highest BCUT2D eigenvalue weighted by atomic mass is 35.5. The van der Waals surface area contributed by atoms with Gasteiger partial charge < -0.3 is 10.2 Å². The van der Waals surface area contributed by atoms with E-state index in [-0.39, 0.29) is 17.4 Å². The van der Waals surface area contributed by atoms with Crippen molar-refractivity contribution in [3.63, 3.8) is 0 Å². The Balaban J connectivity index is 1.55. The second-order valence-corrected chi connectivity index (χ2v) is 8.51. The van der Waals surface area contributed by atoms with Gasteiger partial charge in [0.1, 0.15) is 11.8 Å². The van der Waals surface area contributed by atoms with Gasteiger partial charge in [0, 0.05) is 35.8 Å². The largest absolute Gasteiger partial charge is 0.337 e. The van der Waals surface area contributed by atoms with Gasteiger partial charge in [0.05, 0.1) is 10.0 Å². The summed E-state index contributed by atoms with van der Waals surface area (Å²) in [6.45, 7) is 1.53. The third-order valence-corrected chi connectivity index (χ3v) is 6.10. The van der Waals surface area contributed by atoms with Gasteiger partial charge >= 0.3 is 0 Å². The lowest BCUT2D eigenvalue weighted by Crippen LogP contribution is -2.37. The van der Waals surface area contributed by atoms with Crippen LogP contribution in [-0.4, -0.2) is 50.4 Å². The Bertz CT molecular complexity index is 1100. The van der Waals surface area contributed by atoms with Crippen LogP contribution in [-0.2, 0) is 0 Å². The maximum absolute atomic E-state index is 12.6. The number of hydrogen-bond donors (Lipinski definition) is 1. The number of carbonyl (C=O) groups excluding carboxylic acids is 1. The molecule has 10 heteroatoms. The molecule has 7 nitrogen and oxygen atoms in total. The maximum Gasteiger partial charge on any atom is 0.253 e. The van der Waals surface area contributed by atoms with E-state index in [0.717, 1.165) is 24.6 Å². The van der Waals surface area contributed by atoms with Gasteiger partial charge in [-0.2, -0.15) is 17.0 Å². The lowest BCUT2D eigenvalue weighted by molar-refractivity contribution is 0.0772. The third kappa shape index (κ3) is 4.24. The van der Waals surface area contributed by atoms with E-state index in [1.807, 2.05) is 22.7 Å². The molecule has 30 heavy (non-hydrogen) atoms. The first-order chi connectivity index (χ1) is 14.6. The molecule has 152 valence electrons. The first-order valence-electron chi connectivity index (χ1n) is 9.13. The number of rotatable bonds is 4. The van der Waals surface area contributed by atoms with Gasteiger partial charge in [-0.1, -0.05) is 29.3 Å². The molecule has 0 atom stereocenters. The molecule has 0 unspecified atom stereocenters. The minimum Gasteiger partial charge on any atom is -0.337 e. The van der Waals surface area contributed by atoms with E-state index in [1.54, 1.807) is 42.5 Å². The molecule has 1 saturated heterocycles. The van der Waals surface area contributed by atoms with Crippen molar-refractivity contribution in [1.29, 1.82) is 5.26 Å². The molecule has 1 N–H and O–H groups in total. The fourth-order valence-corrected chi connectivity index (χ4v) is 4.48. The van der Waals surface area contributed by atoms with Gasteiger partial charge in [0.25, 0.3) is 5.91 Å². The molecular formula is C20H16Cl2N6OS. The van der Waals surface area contributed by atoms with Crippen LogP contribution in [0.5, 0.6) is 0 Å². The van der Waals surface area contributed by atoms with Gasteiger partial charge in [0.2, 0.25) is 5.69 Å². The molecule has 1 fully saturated rings. The topological polar surface area (TPSA) is 86.8 Å². The molecule has 1 aromatic heterocycles. The lowest BCUT2D eigenvalue weighted by Gasteiger charge is -2.26. The summed E-state index contributed by atoms with van der Waals surface area (Å²) in [6, 6.07) is 14.1. The molecule has 1 aliphatic rings. The standard InChI is InChI=1S/C20H16Cl2N6OS/c21-15-2-1-3-16(22)18(15)28-25-17(12-23)19(26-28)24-14-6-4-13(5-7-14)20(29)27-8-10-30-11-9-27/h1-7H,8-11H2,(H,24,26). The first kappa shape index (κ1) is 20.5. The van der Waals surface area contributed by atoms with E-state index >= 15 is 0 Å². The van der Waals surface area contributed by atoms with Gasteiger partial charge in [0.15, 0.2) is 5.82 Å². The summed E-state index contributed by atoms with van der Waals surface area (Å²) in [6.07, 6.45) is 0. The van der Waals surface area contributed by atoms with Crippen LogP contribution >= 0.6 is 35.0 Å². The molecule has 0 bridgehead atoms. The highest BCUT2D eigenvalue weighted by Gasteiger charge is 2.19. The molecule has 2 heterocycles. The smallest absolute Gasteiger partial charge is 0.253 e. The second-order valence-electron chi connectivity index (χ2n) is 6.48. The molecule has 1 aliphatic heterocycles. The van der Waals surface area contributed by atoms with E-state index in [0.29, 0.717) is 27.0 Å². The Kier molecular flexibility index (Phi) is 6.13. The fraction of sp³-hybridized carbons (Fsp3) is 0.200. The Hall–Kier alpha value is -2.73. The summed E-state index contributed by atoms with van der Waals surface area (Å²) in [4.78, 5) is 15.7. The van der Waals surface area contributed by atoms with Crippen LogP contribution in [0.1, 0.15) is 16.1 Å². The number of nitrogens with one attached hydrogen (secondary N) is 1. The van der Waals surface area contributed by atoms with E-state index in [9.17, 15) is 10.1 Å². The van der Waals surface area contributed by atoms with Crippen LogP contribution in [0, 0.1) is 11.3 Å². The lowest BCUT2D eigenvalue weighted by atomic mass is 10.1. The van der Waals surface area contributed by atoms with Gasteiger partial charge in [-0.25, -0.2) is 0 Å². The summed E-state index contributed by atoms with van der Waals surface area (Å²) in [5.41, 5.74) is 1.79. The van der Waals surface area contributed by atoms with Gasteiger partial charge in [-0.05, 0) is 36.4 Å². The number of anilines is 2. The number of benzene rings is 2. The zero-order chi connectivity index (χ0) is 21.1. The quantitative estimate of drug-likeness (QED) is 0.623. The average molecular weight is 459 g/mol. The summed E-state index contributed by atoms with van der Waals surface area (Å²) in [7, 11) is 0. The SMILES string of the molecule is N#Cc1nn(-c2c(Cl)cccc2Cl)nc1Nc1ccc(C(=O)N2CCSCC2)cc1. The number of carbonyl (C=O) groups is 1. The number of para-hydroxylation sites is 1. The van der Waals surface area contributed by atoms with Gasteiger partial charge in [-0.3, -0.25) is 4.79 Å². The molecule has 0 spiro atoms. The minimum atomic E-state index is 0.0267. The van der Waals surface area contributed by atoms with E-state index < -0.39 is 0 Å². The number of thioether (sulfide) groups is 1. The number of halogens is 2. The molecular weight excluding hydrogens is 443 g/mol. The van der Waals surface area contributed by atoms with Crippen molar-refractivity contribution in [2.24, 2.45) is 0 Å². The normalized spacial score (nSPS) is 13.7. The fourth-order valence-electron chi connectivity index (χ4n) is 3.03. The van der Waals surface area contributed by atoms with E-state index in [2.05, 4.69) is 15.5 Å². The number of hydrogen-bond acceptors (Lipinski definition) is 6. The number of nitriles is 1. The second kappa shape index (κ2) is 8.96. The summed E-state index contributed by atoms with van der Waals surface area (Å²) in [5, 5.41) is 21.7. The van der Waals surface area contributed by atoms with Crippen molar-refractivity contribution in [2.75, 3.05) is 29.9 Å². The van der Waals surface area contributed by atoms with Crippen LogP contribution < -0.4 is 5.32 Å². The third-order valence-electron chi connectivity index (χ3n) is 4.55.